The molecule has 2 fully saturated rings. The van der Waals surface area contributed by atoms with E-state index in [-0.39, 0.29) is 45.9 Å². The summed E-state index contributed by atoms with van der Waals surface area (Å²) in [5.74, 6) is 0.0491. The smallest absolute Gasteiger partial charge is 0.264 e. The largest absolute Gasteiger partial charge is 0.491 e. The van der Waals surface area contributed by atoms with Gasteiger partial charge in [0.2, 0.25) is 20.0 Å². The van der Waals surface area contributed by atoms with Crippen LogP contribution in [0.4, 0.5) is 10.1 Å². The third-order valence-corrected chi connectivity index (χ3v) is 16.4. The number of rotatable bonds is 5. The summed E-state index contributed by atoms with van der Waals surface area (Å²) in [5.41, 5.74) is 3.47. The highest BCUT2D eigenvalue weighted by Crippen LogP contribution is 2.49. The first-order valence-electron chi connectivity index (χ1n) is 18.6. The molecule has 0 spiro atoms. The minimum absolute atomic E-state index is 0.0348. The molecule has 0 radical (unpaired) electrons. The maximum Gasteiger partial charge on any atom is 0.264 e. The molecule has 0 unspecified atom stereocenters. The lowest BCUT2D eigenvalue weighted by Crippen LogP contribution is -2.46. The van der Waals surface area contributed by atoms with Gasteiger partial charge in [0.25, 0.3) is 5.91 Å². The van der Waals surface area contributed by atoms with E-state index in [1.807, 2.05) is 13.0 Å². The van der Waals surface area contributed by atoms with E-state index in [0.29, 0.717) is 88.7 Å². The van der Waals surface area contributed by atoms with Crippen LogP contribution in [0.2, 0.25) is 5.02 Å². The summed E-state index contributed by atoms with van der Waals surface area (Å²) in [6.45, 7) is 6.52. The molecular formula is C38H49ClFN3O7S2. The van der Waals surface area contributed by atoms with E-state index in [1.54, 1.807) is 31.2 Å². The van der Waals surface area contributed by atoms with E-state index in [4.69, 9.17) is 21.1 Å². The van der Waals surface area contributed by atoms with Crippen LogP contribution in [0.3, 0.4) is 0 Å². The lowest BCUT2D eigenvalue weighted by Gasteiger charge is -2.48. The molecule has 4 bridgehead atoms. The second kappa shape index (κ2) is 15.2. The first-order chi connectivity index (χ1) is 24.8. The van der Waals surface area contributed by atoms with Crippen molar-refractivity contribution in [2.75, 3.05) is 50.1 Å². The van der Waals surface area contributed by atoms with Crippen molar-refractivity contribution in [2.24, 2.45) is 29.6 Å². The van der Waals surface area contributed by atoms with Crippen LogP contribution in [-0.2, 0) is 37.7 Å². The van der Waals surface area contributed by atoms with Crippen molar-refractivity contribution >= 4 is 43.2 Å². The van der Waals surface area contributed by atoms with Crippen molar-refractivity contribution in [2.45, 2.75) is 70.6 Å². The molecule has 8 rings (SSSR count). The molecule has 284 valence electrons. The molecule has 2 aromatic carbocycles. The number of fused-ring (bicyclic) bond motifs is 5. The summed E-state index contributed by atoms with van der Waals surface area (Å²) in [6, 6.07) is 8.49. The van der Waals surface area contributed by atoms with Crippen LogP contribution in [0.1, 0.15) is 73.9 Å². The first-order valence-corrected chi connectivity index (χ1v) is 22.2. The molecule has 0 aromatic heterocycles. The fraction of sp³-hybridized carbons (Fsp3) is 0.605. The second-order valence-corrected chi connectivity index (χ2v) is 19.8. The van der Waals surface area contributed by atoms with Crippen molar-refractivity contribution in [3.8, 4) is 5.75 Å². The highest BCUT2D eigenvalue weighted by molar-refractivity contribution is 7.90. The van der Waals surface area contributed by atoms with Crippen LogP contribution in [0.15, 0.2) is 42.0 Å². The molecule has 6 atom stereocenters. The van der Waals surface area contributed by atoms with Gasteiger partial charge in [-0.2, -0.15) is 4.31 Å². The molecule has 1 saturated carbocycles. The van der Waals surface area contributed by atoms with Gasteiger partial charge in [-0.1, -0.05) is 36.2 Å². The molecule has 1 saturated heterocycles. The van der Waals surface area contributed by atoms with Crippen LogP contribution in [0.25, 0.3) is 0 Å². The molecule has 1 N–H and O–H groups in total. The van der Waals surface area contributed by atoms with E-state index in [1.165, 1.54) is 9.88 Å². The van der Waals surface area contributed by atoms with Crippen LogP contribution in [0.5, 0.6) is 5.75 Å². The number of sulfonamides is 2. The first kappa shape index (κ1) is 37.6. The highest BCUT2D eigenvalue weighted by atomic mass is 35.5. The van der Waals surface area contributed by atoms with Crippen molar-refractivity contribution in [3.05, 3.63) is 69.5 Å². The lowest BCUT2D eigenvalue weighted by molar-refractivity contribution is 0.0328. The van der Waals surface area contributed by atoms with Gasteiger partial charge in [-0.25, -0.2) is 25.9 Å². The van der Waals surface area contributed by atoms with E-state index in [0.717, 1.165) is 24.8 Å². The maximum absolute atomic E-state index is 15.6. The average Bonchev–Trinajstić information content (AvgIpc) is 3.40. The lowest BCUT2D eigenvalue weighted by atomic mass is 9.61. The fourth-order valence-electron chi connectivity index (χ4n) is 8.62. The van der Waals surface area contributed by atoms with Gasteiger partial charge in [0.05, 0.1) is 41.5 Å². The second-order valence-electron chi connectivity index (χ2n) is 15.3. The van der Waals surface area contributed by atoms with Crippen LogP contribution >= 0.6 is 11.6 Å². The van der Waals surface area contributed by atoms with E-state index < -0.39 is 37.0 Å². The monoisotopic (exact) mass is 777 g/mol. The molecule has 14 heteroatoms. The number of nitrogens with zero attached hydrogens (tertiary/aromatic N) is 2. The number of hydrogen-bond donors (Lipinski definition) is 1. The Balaban J connectivity index is 1.25. The average molecular weight is 778 g/mol. The molecule has 6 aliphatic rings. The van der Waals surface area contributed by atoms with Crippen molar-refractivity contribution in [1.82, 2.24) is 9.03 Å². The van der Waals surface area contributed by atoms with Crippen molar-refractivity contribution in [1.29, 1.82) is 0 Å². The van der Waals surface area contributed by atoms with Gasteiger partial charge in [0.1, 0.15) is 11.6 Å². The summed E-state index contributed by atoms with van der Waals surface area (Å²) in [5, 5.41) is -0.739. The number of amides is 1. The minimum Gasteiger partial charge on any atom is -0.491 e. The molecule has 10 nitrogen and oxygen atoms in total. The van der Waals surface area contributed by atoms with Gasteiger partial charge in [0.15, 0.2) is 0 Å². The number of hydrogen-bond acceptors (Lipinski definition) is 8. The molecule has 2 aromatic rings. The quantitative estimate of drug-likeness (QED) is 0.293. The van der Waals surface area contributed by atoms with E-state index in [2.05, 4.69) is 15.7 Å². The normalized spacial score (nSPS) is 30.3. The Morgan fingerprint density at radius 1 is 1.08 bits per heavy atom. The minimum atomic E-state index is -4.02. The van der Waals surface area contributed by atoms with Crippen LogP contribution in [-0.4, -0.2) is 77.5 Å². The van der Waals surface area contributed by atoms with Gasteiger partial charge in [-0.3, -0.25) is 4.79 Å². The maximum atomic E-state index is 15.6. The topological polar surface area (TPSA) is 122 Å². The van der Waals surface area contributed by atoms with Crippen molar-refractivity contribution in [3.63, 3.8) is 0 Å². The number of anilines is 1. The molecule has 1 amide bonds. The van der Waals surface area contributed by atoms with Crippen molar-refractivity contribution < 1.29 is 35.5 Å². The zero-order valence-corrected chi connectivity index (χ0v) is 32.2. The number of ether oxygens (including phenoxy) is 2. The molecular weight excluding hydrogens is 729 g/mol. The van der Waals surface area contributed by atoms with Gasteiger partial charge in [-0.05, 0) is 111 Å². The third kappa shape index (κ3) is 7.62. The van der Waals surface area contributed by atoms with E-state index >= 15 is 4.39 Å². The number of halogens is 2. The molecule has 52 heavy (non-hydrogen) atoms. The summed E-state index contributed by atoms with van der Waals surface area (Å²) < 4.78 is 83.9. The van der Waals surface area contributed by atoms with Crippen LogP contribution in [0, 0.1) is 35.4 Å². The van der Waals surface area contributed by atoms with Crippen LogP contribution < -0.4 is 14.4 Å². The zero-order chi connectivity index (χ0) is 36.8. The summed E-state index contributed by atoms with van der Waals surface area (Å²) in [7, 11) is -7.23. The predicted octanol–water partition coefficient (Wildman–Crippen LogP) is 5.94. The molecule has 2 aliphatic carbocycles. The number of carbonyl (C=O) groups excluding carboxylic acids is 1. The summed E-state index contributed by atoms with van der Waals surface area (Å²) in [4.78, 5) is 15.8. The number of carbonyl (C=O) groups is 1. The summed E-state index contributed by atoms with van der Waals surface area (Å²) in [6.07, 6.45) is 7.44. The number of benzene rings is 2. The third-order valence-electron chi connectivity index (χ3n) is 12.2. The summed E-state index contributed by atoms with van der Waals surface area (Å²) >= 11 is 6.27. The number of nitrogens with one attached hydrogen (secondary N) is 1. The Morgan fingerprint density at radius 2 is 1.88 bits per heavy atom. The van der Waals surface area contributed by atoms with Gasteiger partial charge in [0, 0.05) is 37.7 Å². The Kier molecular flexibility index (Phi) is 11.0. The Bertz CT molecular complexity index is 1940. The molecule has 4 aliphatic heterocycles. The number of allylic oxidation sites excluding steroid dienone is 1. The fourth-order valence-corrected chi connectivity index (χ4v) is 11.6. The highest BCUT2D eigenvalue weighted by Gasteiger charge is 2.44. The predicted molar refractivity (Wildman–Crippen MR) is 199 cm³/mol. The van der Waals surface area contributed by atoms with Gasteiger partial charge in [-0.15, -0.1) is 0 Å². The van der Waals surface area contributed by atoms with E-state index in [9.17, 15) is 21.6 Å². The van der Waals surface area contributed by atoms with Gasteiger partial charge >= 0.3 is 0 Å². The SMILES string of the molecule is C[C@@H]1[C@@H](C)S(=O)(=O)NC(=O)c2ccc3c(c2)N(Cc2ccc(Cl)c(F)c2CCCCO3)C[C@@H]2CC[C@H]2[C@@H](COCCN2CCCS2(=O)=O)C2=C[C@H]1C2. The Morgan fingerprint density at radius 3 is 2.62 bits per heavy atom. The Hall–Kier alpha value is -2.71. The zero-order valence-electron chi connectivity index (χ0n) is 29.9. The van der Waals surface area contributed by atoms with Gasteiger partial charge < -0.3 is 14.4 Å². The Labute approximate surface area is 312 Å². The molecule has 4 heterocycles. The standard InChI is InChI=1S/C38H49ClFN3O7S2/c1-24-25(2)52(47,48)41-38(44)26-9-12-36-35(20-26)42(22-28-8-11-34(39)37(40)32(28)6-3-4-15-50-36)21-27-7-10-31(27)33(30-18-29(24)19-30)23-49-16-14-43-13-5-17-51(43,45)46/h8-9,11-12,18,20,24-25,27,29,31,33H,3-7,10,13-17,19,21-23H2,1-2H3,(H,41,44)/t24-,25-,27+,29+,31-,33+/m1/s1.